The van der Waals surface area contributed by atoms with Crippen molar-refractivity contribution in [3.05, 3.63) is 83.0 Å². The highest BCUT2D eigenvalue weighted by molar-refractivity contribution is 6.00. The summed E-state index contributed by atoms with van der Waals surface area (Å²) in [5.74, 6) is 0.942. The summed E-state index contributed by atoms with van der Waals surface area (Å²) in [6.07, 6.45) is 3.70. The molecule has 1 N–H and O–H groups in total. The summed E-state index contributed by atoms with van der Waals surface area (Å²) >= 11 is 0. The van der Waals surface area contributed by atoms with Crippen molar-refractivity contribution in [1.82, 2.24) is 9.88 Å². The molecule has 1 saturated heterocycles. The number of hydrogen-bond donors (Lipinski definition) is 1. The fourth-order valence-corrected chi connectivity index (χ4v) is 5.21. The van der Waals surface area contributed by atoms with E-state index in [0.29, 0.717) is 17.7 Å². The molecule has 3 aromatic rings. The molecule has 5 heteroatoms. The van der Waals surface area contributed by atoms with E-state index in [4.69, 9.17) is 4.74 Å². The SMILES string of the molecule is COc1ccc(C2=C(c3ccc(N4CCN(C(C)C)CC4)cc3)c3ccc(O)cc3CC2)cn1. The number of phenolic OH excluding ortho intramolecular Hbond substituents is 1. The molecule has 1 fully saturated rings. The van der Waals surface area contributed by atoms with Crippen LogP contribution in [0.5, 0.6) is 11.6 Å². The molecular weight excluding hydrogens is 422 g/mol. The molecule has 34 heavy (non-hydrogen) atoms. The Morgan fingerprint density at radius 2 is 1.62 bits per heavy atom. The first-order valence-corrected chi connectivity index (χ1v) is 12.2. The number of methoxy groups -OCH3 is 1. The first kappa shape index (κ1) is 22.5. The van der Waals surface area contributed by atoms with E-state index in [9.17, 15) is 5.11 Å². The van der Waals surface area contributed by atoms with Crippen molar-refractivity contribution in [3.63, 3.8) is 0 Å². The molecule has 0 bridgehead atoms. The number of fused-ring (bicyclic) bond motifs is 1. The number of ether oxygens (including phenoxy) is 1. The van der Waals surface area contributed by atoms with Crippen LogP contribution in [-0.2, 0) is 6.42 Å². The predicted octanol–water partition coefficient (Wildman–Crippen LogP) is 5.23. The summed E-state index contributed by atoms with van der Waals surface area (Å²) in [6, 6.07) is 19.4. The topological polar surface area (TPSA) is 48.8 Å². The van der Waals surface area contributed by atoms with Crippen molar-refractivity contribution >= 4 is 16.8 Å². The monoisotopic (exact) mass is 455 g/mol. The van der Waals surface area contributed by atoms with Crippen LogP contribution >= 0.6 is 0 Å². The average molecular weight is 456 g/mol. The van der Waals surface area contributed by atoms with Gasteiger partial charge in [0.25, 0.3) is 0 Å². The third kappa shape index (κ3) is 4.40. The Kier molecular flexibility index (Phi) is 6.29. The maximum Gasteiger partial charge on any atom is 0.212 e. The van der Waals surface area contributed by atoms with Gasteiger partial charge in [0, 0.05) is 50.2 Å². The molecule has 0 saturated carbocycles. The molecule has 0 atom stereocenters. The summed E-state index contributed by atoms with van der Waals surface area (Å²) < 4.78 is 5.27. The fourth-order valence-electron chi connectivity index (χ4n) is 5.21. The van der Waals surface area contributed by atoms with Crippen LogP contribution in [0.1, 0.15) is 42.5 Å². The lowest BCUT2D eigenvalue weighted by molar-refractivity contribution is 0.209. The van der Waals surface area contributed by atoms with Crippen LogP contribution in [0.15, 0.2) is 60.8 Å². The summed E-state index contributed by atoms with van der Waals surface area (Å²) in [4.78, 5) is 9.48. The van der Waals surface area contributed by atoms with Gasteiger partial charge in [0.1, 0.15) is 5.75 Å². The molecule has 1 aliphatic carbocycles. The van der Waals surface area contributed by atoms with Gasteiger partial charge < -0.3 is 14.7 Å². The smallest absolute Gasteiger partial charge is 0.212 e. The number of allylic oxidation sites excluding steroid dienone is 1. The van der Waals surface area contributed by atoms with E-state index in [-0.39, 0.29) is 0 Å². The number of rotatable bonds is 5. The zero-order chi connectivity index (χ0) is 23.7. The molecular formula is C29H33N3O2. The Hall–Kier alpha value is -3.31. The Bertz CT molecular complexity index is 1180. The minimum absolute atomic E-state index is 0.323. The lowest BCUT2D eigenvalue weighted by Gasteiger charge is -2.38. The summed E-state index contributed by atoms with van der Waals surface area (Å²) in [5, 5.41) is 10.1. The van der Waals surface area contributed by atoms with Gasteiger partial charge in [0.15, 0.2) is 0 Å². The third-order valence-corrected chi connectivity index (χ3v) is 7.16. The third-order valence-electron chi connectivity index (χ3n) is 7.16. The van der Waals surface area contributed by atoms with Gasteiger partial charge in [-0.25, -0.2) is 4.98 Å². The second-order valence-electron chi connectivity index (χ2n) is 9.45. The van der Waals surface area contributed by atoms with Crippen molar-refractivity contribution in [2.75, 3.05) is 38.2 Å². The van der Waals surface area contributed by atoms with Crippen molar-refractivity contribution in [3.8, 4) is 11.6 Å². The number of aromatic hydroxyl groups is 1. The molecule has 5 nitrogen and oxygen atoms in total. The number of nitrogens with zero attached hydrogens (tertiary/aromatic N) is 3. The molecule has 2 aliphatic rings. The van der Waals surface area contributed by atoms with Crippen molar-refractivity contribution in [2.45, 2.75) is 32.7 Å². The lowest BCUT2D eigenvalue weighted by Crippen LogP contribution is -2.48. The second kappa shape index (κ2) is 9.51. The molecule has 2 heterocycles. The van der Waals surface area contributed by atoms with Gasteiger partial charge in [-0.3, -0.25) is 4.90 Å². The zero-order valence-corrected chi connectivity index (χ0v) is 20.3. The minimum atomic E-state index is 0.323. The van der Waals surface area contributed by atoms with Crippen LogP contribution in [-0.4, -0.2) is 54.3 Å². The van der Waals surface area contributed by atoms with Gasteiger partial charge >= 0.3 is 0 Å². The van der Waals surface area contributed by atoms with Crippen molar-refractivity contribution < 1.29 is 9.84 Å². The molecule has 1 aliphatic heterocycles. The number of phenols is 1. The highest BCUT2D eigenvalue weighted by Gasteiger charge is 2.23. The van der Waals surface area contributed by atoms with E-state index in [1.54, 1.807) is 13.2 Å². The maximum absolute atomic E-state index is 10.1. The van der Waals surface area contributed by atoms with E-state index in [1.165, 1.54) is 33.5 Å². The van der Waals surface area contributed by atoms with E-state index < -0.39 is 0 Å². The Morgan fingerprint density at radius 1 is 0.882 bits per heavy atom. The number of pyridine rings is 1. The van der Waals surface area contributed by atoms with Gasteiger partial charge in [-0.1, -0.05) is 18.2 Å². The number of piperazine rings is 1. The Balaban J connectivity index is 1.51. The van der Waals surface area contributed by atoms with Gasteiger partial charge in [0.05, 0.1) is 7.11 Å². The molecule has 0 amide bonds. The molecule has 5 rings (SSSR count). The highest BCUT2D eigenvalue weighted by atomic mass is 16.5. The number of aromatic nitrogens is 1. The second-order valence-corrected chi connectivity index (χ2v) is 9.45. The summed E-state index contributed by atoms with van der Waals surface area (Å²) in [5.41, 5.74) is 8.48. The van der Waals surface area contributed by atoms with E-state index in [2.05, 4.69) is 65.0 Å². The van der Waals surface area contributed by atoms with Gasteiger partial charge in [-0.15, -0.1) is 0 Å². The number of benzene rings is 2. The molecule has 176 valence electrons. The van der Waals surface area contributed by atoms with Gasteiger partial charge in [-0.05, 0) is 90.4 Å². The molecule has 1 aromatic heterocycles. The van der Waals surface area contributed by atoms with Gasteiger partial charge in [0.2, 0.25) is 5.88 Å². The van der Waals surface area contributed by atoms with E-state index in [1.807, 2.05) is 18.3 Å². The van der Waals surface area contributed by atoms with E-state index >= 15 is 0 Å². The van der Waals surface area contributed by atoms with Crippen LogP contribution in [0.25, 0.3) is 11.1 Å². The van der Waals surface area contributed by atoms with Crippen LogP contribution in [0.4, 0.5) is 5.69 Å². The fraction of sp³-hybridized carbons (Fsp3) is 0.345. The lowest BCUT2D eigenvalue weighted by atomic mass is 9.80. The molecule has 2 aromatic carbocycles. The minimum Gasteiger partial charge on any atom is -0.508 e. The average Bonchev–Trinajstić information content (AvgIpc) is 2.88. The van der Waals surface area contributed by atoms with E-state index in [0.717, 1.165) is 44.6 Å². The zero-order valence-electron chi connectivity index (χ0n) is 20.3. The first-order chi connectivity index (χ1) is 16.5. The molecule has 0 unspecified atom stereocenters. The van der Waals surface area contributed by atoms with Crippen molar-refractivity contribution in [2.24, 2.45) is 0 Å². The van der Waals surface area contributed by atoms with Crippen LogP contribution in [0.3, 0.4) is 0 Å². The predicted molar refractivity (Wildman–Crippen MR) is 138 cm³/mol. The quantitative estimate of drug-likeness (QED) is 0.571. The Labute approximate surface area is 202 Å². The number of aryl methyl sites for hydroxylation is 1. The van der Waals surface area contributed by atoms with Gasteiger partial charge in [-0.2, -0.15) is 0 Å². The molecule has 0 radical (unpaired) electrons. The standard InChI is InChI=1S/C29H33N3O2/c1-20(2)31-14-16-32(17-15-31)24-8-4-21(5-9-24)29-26-12-10-25(33)18-22(26)6-11-27(29)23-7-13-28(34-3)30-19-23/h4-5,7-10,12-13,18-20,33H,6,11,14-17H2,1-3H3. The Morgan fingerprint density at radius 3 is 2.26 bits per heavy atom. The maximum atomic E-state index is 10.1. The van der Waals surface area contributed by atoms with Crippen LogP contribution < -0.4 is 9.64 Å². The number of anilines is 1. The summed E-state index contributed by atoms with van der Waals surface area (Å²) in [6.45, 7) is 8.88. The number of hydrogen-bond acceptors (Lipinski definition) is 5. The normalized spacial score (nSPS) is 16.6. The van der Waals surface area contributed by atoms with Crippen molar-refractivity contribution in [1.29, 1.82) is 0 Å². The highest BCUT2D eigenvalue weighted by Crippen LogP contribution is 2.42. The first-order valence-electron chi connectivity index (χ1n) is 12.2. The summed E-state index contributed by atoms with van der Waals surface area (Å²) in [7, 11) is 1.64. The van der Waals surface area contributed by atoms with Crippen LogP contribution in [0, 0.1) is 0 Å². The molecule has 0 spiro atoms. The largest absolute Gasteiger partial charge is 0.508 e. The van der Waals surface area contributed by atoms with Crippen LogP contribution in [0.2, 0.25) is 0 Å².